The second-order valence-electron chi connectivity index (χ2n) is 5.74. The highest BCUT2D eigenvalue weighted by Crippen LogP contribution is 2.28. The summed E-state index contributed by atoms with van der Waals surface area (Å²) < 4.78 is 1.84. The molecule has 2 N–H and O–H groups in total. The summed E-state index contributed by atoms with van der Waals surface area (Å²) in [5.41, 5.74) is 3.16. The summed E-state index contributed by atoms with van der Waals surface area (Å²) in [6.45, 7) is 3.35. The predicted molar refractivity (Wildman–Crippen MR) is 108 cm³/mol. The van der Waals surface area contributed by atoms with Crippen LogP contribution in [-0.2, 0) is 20.1 Å². The fourth-order valence-electron chi connectivity index (χ4n) is 2.53. The molecule has 8 heteroatoms. The first-order chi connectivity index (χ1) is 12.6. The Morgan fingerprint density at radius 3 is 2.58 bits per heavy atom. The number of aromatic nitrogens is 3. The maximum Gasteiger partial charge on any atom is 0.191 e. The second kappa shape index (κ2) is 8.33. The van der Waals surface area contributed by atoms with Gasteiger partial charge in [0.05, 0.1) is 24.5 Å². The van der Waals surface area contributed by atoms with Crippen molar-refractivity contribution in [1.82, 2.24) is 25.4 Å². The average Bonchev–Trinajstić information content (AvgIpc) is 3.21. The summed E-state index contributed by atoms with van der Waals surface area (Å²) in [7, 11) is 3.68. The van der Waals surface area contributed by atoms with Gasteiger partial charge in [0.2, 0.25) is 0 Å². The molecule has 0 aliphatic carbocycles. The van der Waals surface area contributed by atoms with Crippen LogP contribution in [0.25, 0.3) is 11.3 Å². The molecule has 0 bridgehead atoms. The number of hydrogen-bond donors (Lipinski definition) is 2. The number of aliphatic imine (C=N–C) groups is 1. The SMILES string of the molecule is CN=C(NCc1nc(-c2ccc(Cl)cc2)c(C)s1)NCc1ccnn1C. The standard InChI is InChI=1S/C18H21ClN6S/c1-12-17(13-4-6-14(19)7-5-13)24-16(26-12)11-22-18(20-2)21-10-15-8-9-23-25(15)3/h4-9H,10-11H2,1-3H3,(H2,20,21,22). The third kappa shape index (κ3) is 4.42. The summed E-state index contributed by atoms with van der Waals surface area (Å²) >= 11 is 7.65. The highest BCUT2D eigenvalue weighted by atomic mass is 35.5. The molecule has 0 radical (unpaired) electrons. The van der Waals surface area contributed by atoms with Crippen LogP contribution >= 0.6 is 22.9 Å². The fraction of sp³-hybridized carbons (Fsp3) is 0.278. The Morgan fingerprint density at radius 2 is 1.92 bits per heavy atom. The molecule has 0 amide bonds. The van der Waals surface area contributed by atoms with Crippen LogP contribution < -0.4 is 10.6 Å². The minimum absolute atomic E-state index is 0.615. The number of halogens is 1. The van der Waals surface area contributed by atoms with Crippen molar-refractivity contribution in [2.24, 2.45) is 12.0 Å². The average molecular weight is 389 g/mol. The lowest BCUT2D eigenvalue weighted by Gasteiger charge is -2.10. The van der Waals surface area contributed by atoms with E-state index in [9.17, 15) is 0 Å². The molecule has 0 saturated heterocycles. The van der Waals surface area contributed by atoms with Crippen LogP contribution in [0.3, 0.4) is 0 Å². The summed E-state index contributed by atoms with van der Waals surface area (Å²) in [4.78, 5) is 10.2. The van der Waals surface area contributed by atoms with Gasteiger partial charge in [0.1, 0.15) is 5.01 Å². The van der Waals surface area contributed by atoms with E-state index in [0.717, 1.165) is 32.9 Å². The number of hydrogen-bond acceptors (Lipinski definition) is 4. The summed E-state index contributed by atoms with van der Waals surface area (Å²) in [6.07, 6.45) is 1.78. The number of nitrogens with one attached hydrogen (secondary N) is 2. The Bertz CT molecular complexity index is 897. The monoisotopic (exact) mass is 388 g/mol. The Balaban J connectivity index is 1.61. The molecule has 3 rings (SSSR count). The normalized spacial score (nSPS) is 11.6. The summed E-state index contributed by atoms with van der Waals surface area (Å²) in [5, 5.41) is 12.5. The van der Waals surface area contributed by atoms with Crippen molar-refractivity contribution in [1.29, 1.82) is 0 Å². The zero-order valence-corrected chi connectivity index (χ0v) is 16.5. The predicted octanol–water partition coefficient (Wildman–Crippen LogP) is 3.37. The zero-order valence-electron chi connectivity index (χ0n) is 15.0. The first kappa shape index (κ1) is 18.4. The first-order valence-corrected chi connectivity index (χ1v) is 9.40. The molecule has 2 heterocycles. The molecule has 0 saturated carbocycles. The molecule has 3 aromatic rings. The third-order valence-corrected chi connectivity index (χ3v) is 5.17. The van der Waals surface area contributed by atoms with Crippen LogP contribution in [0, 0.1) is 6.92 Å². The zero-order chi connectivity index (χ0) is 18.5. The van der Waals surface area contributed by atoms with Gasteiger partial charge in [-0.15, -0.1) is 11.3 Å². The Morgan fingerprint density at radius 1 is 1.19 bits per heavy atom. The van der Waals surface area contributed by atoms with Gasteiger partial charge in [0.25, 0.3) is 0 Å². The third-order valence-electron chi connectivity index (χ3n) is 3.95. The van der Waals surface area contributed by atoms with E-state index in [0.29, 0.717) is 13.1 Å². The molecule has 0 fully saturated rings. The van der Waals surface area contributed by atoms with Crippen LogP contribution in [0.15, 0.2) is 41.5 Å². The Labute approximate surface area is 162 Å². The van der Waals surface area contributed by atoms with Crippen molar-refractivity contribution < 1.29 is 0 Å². The van der Waals surface area contributed by atoms with Crippen LogP contribution in [0.1, 0.15) is 15.6 Å². The molecule has 0 aliphatic heterocycles. The molecule has 0 aliphatic rings. The van der Waals surface area contributed by atoms with Crippen molar-refractivity contribution in [3.05, 3.63) is 57.1 Å². The molecule has 26 heavy (non-hydrogen) atoms. The number of guanidine groups is 1. The molecule has 136 valence electrons. The quantitative estimate of drug-likeness (QED) is 0.519. The highest BCUT2D eigenvalue weighted by molar-refractivity contribution is 7.12. The Kier molecular flexibility index (Phi) is 5.90. The van der Waals surface area contributed by atoms with E-state index >= 15 is 0 Å². The van der Waals surface area contributed by atoms with Crippen molar-refractivity contribution >= 4 is 28.9 Å². The lowest BCUT2D eigenvalue weighted by molar-refractivity contribution is 0.684. The minimum atomic E-state index is 0.615. The van der Waals surface area contributed by atoms with E-state index in [1.165, 1.54) is 4.88 Å². The topological polar surface area (TPSA) is 67.1 Å². The van der Waals surface area contributed by atoms with Crippen LogP contribution in [0.5, 0.6) is 0 Å². The smallest absolute Gasteiger partial charge is 0.191 e. The van der Waals surface area contributed by atoms with Gasteiger partial charge in [-0.1, -0.05) is 23.7 Å². The summed E-state index contributed by atoms with van der Waals surface area (Å²) in [5.74, 6) is 0.729. The molecule has 0 atom stereocenters. The van der Waals surface area contributed by atoms with Crippen molar-refractivity contribution in [2.75, 3.05) is 7.05 Å². The van der Waals surface area contributed by atoms with Gasteiger partial charge >= 0.3 is 0 Å². The first-order valence-electron chi connectivity index (χ1n) is 8.20. The van der Waals surface area contributed by atoms with Gasteiger partial charge < -0.3 is 10.6 Å². The number of aryl methyl sites for hydroxylation is 2. The summed E-state index contributed by atoms with van der Waals surface area (Å²) in [6, 6.07) is 9.74. The van der Waals surface area contributed by atoms with E-state index in [2.05, 4.69) is 27.6 Å². The largest absolute Gasteiger partial charge is 0.351 e. The van der Waals surface area contributed by atoms with Crippen LogP contribution in [-0.4, -0.2) is 27.8 Å². The minimum Gasteiger partial charge on any atom is -0.351 e. The maximum atomic E-state index is 5.97. The Hall–Kier alpha value is -2.38. The van der Waals surface area contributed by atoms with Crippen molar-refractivity contribution in [3.63, 3.8) is 0 Å². The number of nitrogens with zero attached hydrogens (tertiary/aromatic N) is 4. The van der Waals surface area contributed by atoms with Gasteiger partial charge in [-0.3, -0.25) is 9.67 Å². The molecular weight excluding hydrogens is 368 g/mol. The lowest BCUT2D eigenvalue weighted by Crippen LogP contribution is -2.36. The fourth-order valence-corrected chi connectivity index (χ4v) is 3.55. The van der Waals surface area contributed by atoms with Gasteiger partial charge in [-0.2, -0.15) is 5.10 Å². The van der Waals surface area contributed by atoms with E-state index in [4.69, 9.17) is 16.6 Å². The van der Waals surface area contributed by atoms with E-state index in [-0.39, 0.29) is 0 Å². The van der Waals surface area contributed by atoms with Crippen LogP contribution in [0.4, 0.5) is 0 Å². The van der Waals surface area contributed by atoms with E-state index in [1.807, 2.05) is 42.1 Å². The van der Waals surface area contributed by atoms with Crippen molar-refractivity contribution in [2.45, 2.75) is 20.0 Å². The van der Waals surface area contributed by atoms with Gasteiger partial charge in [-0.05, 0) is 25.1 Å². The highest BCUT2D eigenvalue weighted by Gasteiger charge is 2.10. The molecular formula is C18H21ClN6S. The molecule has 2 aromatic heterocycles. The second-order valence-corrected chi connectivity index (χ2v) is 7.47. The molecule has 1 aromatic carbocycles. The van der Waals surface area contributed by atoms with Crippen molar-refractivity contribution in [3.8, 4) is 11.3 Å². The van der Waals surface area contributed by atoms with Gasteiger partial charge in [0, 0.05) is 35.8 Å². The molecule has 6 nitrogen and oxygen atoms in total. The van der Waals surface area contributed by atoms with Crippen LogP contribution in [0.2, 0.25) is 5.02 Å². The van der Waals surface area contributed by atoms with Gasteiger partial charge in [-0.25, -0.2) is 4.98 Å². The van der Waals surface area contributed by atoms with E-state index < -0.39 is 0 Å². The molecule has 0 spiro atoms. The van der Waals surface area contributed by atoms with Gasteiger partial charge in [0.15, 0.2) is 5.96 Å². The maximum absolute atomic E-state index is 5.97. The molecule has 0 unspecified atom stereocenters. The van der Waals surface area contributed by atoms with E-state index in [1.54, 1.807) is 24.6 Å². The number of benzene rings is 1. The number of rotatable bonds is 5. The number of thiazole rings is 1. The lowest BCUT2D eigenvalue weighted by atomic mass is 10.1.